The van der Waals surface area contributed by atoms with Gasteiger partial charge in [-0.1, -0.05) is 19.3 Å². The number of nitriles is 1. The van der Waals surface area contributed by atoms with E-state index in [-0.39, 0.29) is 5.91 Å². The lowest BCUT2D eigenvalue weighted by Crippen LogP contribution is -2.54. The average molecular weight is 429 g/mol. The summed E-state index contributed by atoms with van der Waals surface area (Å²) in [5, 5.41) is 9.75. The predicted octanol–water partition coefficient (Wildman–Crippen LogP) is 2.81. The molecule has 0 atom stereocenters. The minimum absolute atomic E-state index is 0.0626. The fourth-order valence-corrected chi connectivity index (χ4v) is 4.73. The van der Waals surface area contributed by atoms with E-state index in [0.717, 1.165) is 76.3 Å². The van der Waals surface area contributed by atoms with Crippen LogP contribution in [-0.4, -0.2) is 80.1 Å². The van der Waals surface area contributed by atoms with Gasteiger partial charge in [0, 0.05) is 39.8 Å². The molecule has 1 aliphatic carbocycles. The third kappa shape index (κ3) is 5.31. The summed E-state index contributed by atoms with van der Waals surface area (Å²) in [5.74, 6) is 1.57. The summed E-state index contributed by atoms with van der Waals surface area (Å²) >= 11 is 0. The molecule has 1 aliphatic heterocycles. The van der Waals surface area contributed by atoms with Crippen molar-refractivity contribution < 1.29 is 14.3 Å². The summed E-state index contributed by atoms with van der Waals surface area (Å²) in [6.45, 7) is 6.87. The number of nitrogens with zero attached hydrogens (tertiary/aromatic N) is 4. The average Bonchev–Trinajstić information content (AvgIpc) is 2.81. The Bertz CT molecular complexity index is 806. The molecule has 3 rings (SSSR count). The molecule has 1 saturated carbocycles. The van der Waals surface area contributed by atoms with Gasteiger partial charge >= 0.3 is 0 Å². The number of ether oxygens (including phenoxy) is 2. The van der Waals surface area contributed by atoms with Crippen molar-refractivity contribution in [2.24, 2.45) is 0 Å². The fourth-order valence-electron chi connectivity index (χ4n) is 4.73. The summed E-state index contributed by atoms with van der Waals surface area (Å²) in [6.07, 6.45) is 4.81. The second-order valence-corrected chi connectivity index (χ2v) is 8.84. The molecule has 0 unspecified atom stereocenters. The van der Waals surface area contributed by atoms with Crippen LogP contribution in [0, 0.1) is 18.3 Å². The SMILES string of the molecule is COc1cc(C)c(CN2CCN(CC(=O)N(C)C3(C#N)CCCCC3)CC2)cc1OC. The van der Waals surface area contributed by atoms with E-state index in [4.69, 9.17) is 9.47 Å². The molecule has 31 heavy (non-hydrogen) atoms. The van der Waals surface area contributed by atoms with Crippen molar-refractivity contribution in [3.8, 4) is 17.6 Å². The highest BCUT2D eigenvalue weighted by molar-refractivity contribution is 5.79. The highest BCUT2D eigenvalue weighted by Gasteiger charge is 2.39. The van der Waals surface area contributed by atoms with Crippen LogP contribution in [0.3, 0.4) is 0 Å². The number of carbonyl (C=O) groups excluding carboxylic acids is 1. The van der Waals surface area contributed by atoms with Crippen LogP contribution >= 0.6 is 0 Å². The van der Waals surface area contributed by atoms with Gasteiger partial charge in [-0.15, -0.1) is 0 Å². The Labute approximate surface area is 186 Å². The molecular formula is C24H36N4O3. The van der Waals surface area contributed by atoms with Crippen molar-refractivity contribution in [3.63, 3.8) is 0 Å². The van der Waals surface area contributed by atoms with Gasteiger partial charge in [-0.05, 0) is 43.0 Å². The Hall–Kier alpha value is -2.30. The standard InChI is InChI=1S/C24H36N4O3/c1-19-14-21(30-3)22(31-4)15-20(19)16-27-10-12-28(13-11-27)17-23(29)26(2)24(18-25)8-6-5-7-9-24/h14-15H,5-13,16-17H2,1-4H3. The molecule has 7 nitrogen and oxygen atoms in total. The third-order valence-electron chi connectivity index (χ3n) is 6.96. The van der Waals surface area contributed by atoms with Gasteiger partial charge in [0.2, 0.25) is 5.91 Å². The Balaban J connectivity index is 1.53. The first kappa shape index (κ1) is 23.4. The third-order valence-corrected chi connectivity index (χ3v) is 6.96. The van der Waals surface area contributed by atoms with Gasteiger partial charge in [0.05, 0.1) is 26.8 Å². The molecule has 0 bridgehead atoms. The smallest absolute Gasteiger partial charge is 0.237 e. The molecule has 170 valence electrons. The maximum atomic E-state index is 12.9. The summed E-state index contributed by atoms with van der Waals surface area (Å²) in [5.41, 5.74) is 1.81. The van der Waals surface area contributed by atoms with Crippen LogP contribution in [0.15, 0.2) is 12.1 Å². The molecule has 2 aliphatic rings. The van der Waals surface area contributed by atoms with Crippen molar-refractivity contribution in [3.05, 3.63) is 23.3 Å². The molecule has 1 heterocycles. The molecule has 0 radical (unpaired) electrons. The predicted molar refractivity (Wildman–Crippen MR) is 120 cm³/mol. The van der Waals surface area contributed by atoms with Crippen molar-refractivity contribution >= 4 is 5.91 Å². The molecule has 1 amide bonds. The lowest BCUT2D eigenvalue weighted by molar-refractivity contribution is -0.136. The Morgan fingerprint density at radius 2 is 1.65 bits per heavy atom. The zero-order chi connectivity index (χ0) is 22.4. The normalized spacial score (nSPS) is 19.5. The molecule has 1 aromatic rings. The fraction of sp³-hybridized carbons (Fsp3) is 0.667. The van der Waals surface area contributed by atoms with E-state index in [9.17, 15) is 10.1 Å². The number of hydrogen-bond acceptors (Lipinski definition) is 6. The first-order valence-corrected chi connectivity index (χ1v) is 11.3. The van der Waals surface area contributed by atoms with E-state index in [0.29, 0.717) is 6.54 Å². The van der Waals surface area contributed by atoms with Crippen LogP contribution in [0.2, 0.25) is 0 Å². The van der Waals surface area contributed by atoms with Gasteiger partial charge in [-0.25, -0.2) is 0 Å². The Morgan fingerprint density at radius 1 is 1.06 bits per heavy atom. The van der Waals surface area contributed by atoms with Crippen molar-refractivity contribution in [1.29, 1.82) is 5.26 Å². The first-order chi connectivity index (χ1) is 14.9. The van der Waals surface area contributed by atoms with E-state index >= 15 is 0 Å². The van der Waals surface area contributed by atoms with Crippen LogP contribution in [0.4, 0.5) is 0 Å². The highest BCUT2D eigenvalue weighted by Crippen LogP contribution is 2.33. The summed E-state index contributed by atoms with van der Waals surface area (Å²) < 4.78 is 10.8. The van der Waals surface area contributed by atoms with Gasteiger partial charge in [-0.3, -0.25) is 14.6 Å². The topological polar surface area (TPSA) is 69.0 Å². The monoisotopic (exact) mass is 428 g/mol. The quantitative estimate of drug-likeness (QED) is 0.665. The van der Waals surface area contributed by atoms with Crippen LogP contribution in [0.5, 0.6) is 11.5 Å². The van der Waals surface area contributed by atoms with E-state index in [1.807, 2.05) is 13.1 Å². The zero-order valence-electron chi connectivity index (χ0n) is 19.4. The number of carbonyl (C=O) groups is 1. The van der Waals surface area contributed by atoms with Gasteiger partial charge in [0.15, 0.2) is 11.5 Å². The number of likely N-dealkylation sites (N-methyl/N-ethyl adjacent to an activating group) is 1. The molecule has 0 spiro atoms. The summed E-state index contributed by atoms with van der Waals surface area (Å²) in [6, 6.07) is 6.53. The van der Waals surface area contributed by atoms with Gasteiger partial charge in [0.25, 0.3) is 0 Å². The van der Waals surface area contributed by atoms with Crippen LogP contribution in [-0.2, 0) is 11.3 Å². The molecule has 1 saturated heterocycles. The number of methoxy groups -OCH3 is 2. The van der Waals surface area contributed by atoms with E-state index in [1.165, 1.54) is 11.1 Å². The van der Waals surface area contributed by atoms with Gasteiger partial charge in [-0.2, -0.15) is 5.26 Å². The minimum atomic E-state index is -0.609. The number of amides is 1. The lowest BCUT2D eigenvalue weighted by Gasteiger charge is -2.41. The van der Waals surface area contributed by atoms with Gasteiger partial charge in [0.1, 0.15) is 5.54 Å². The van der Waals surface area contributed by atoms with Crippen LogP contribution < -0.4 is 9.47 Å². The molecular weight excluding hydrogens is 392 g/mol. The van der Waals surface area contributed by atoms with E-state index in [1.54, 1.807) is 19.1 Å². The first-order valence-electron chi connectivity index (χ1n) is 11.3. The second-order valence-electron chi connectivity index (χ2n) is 8.84. The van der Waals surface area contributed by atoms with Gasteiger partial charge < -0.3 is 14.4 Å². The molecule has 2 fully saturated rings. The number of benzene rings is 1. The molecule has 1 aromatic carbocycles. The number of hydrogen-bond donors (Lipinski definition) is 0. The van der Waals surface area contributed by atoms with Crippen molar-refractivity contribution in [2.75, 3.05) is 54.0 Å². The lowest BCUT2D eigenvalue weighted by atomic mass is 9.81. The van der Waals surface area contributed by atoms with Crippen LogP contribution in [0.25, 0.3) is 0 Å². The number of aryl methyl sites for hydroxylation is 1. The van der Waals surface area contributed by atoms with Crippen molar-refractivity contribution in [2.45, 2.75) is 51.1 Å². The molecule has 0 N–H and O–H groups in total. The zero-order valence-corrected chi connectivity index (χ0v) is 19.4. The molecule has 0 aromatic heterocycles. The molecule has 7 heteroatoms. The second kappa shape index (κ2) is 10.3. The summed E-state index contributed by atoms with van der Waals surface area (Å²) in [4.78, 5) is 19.3. The number of rotatable bonds is 7. The Kier molecular flexibility index (Phi) is 7.79. The highest BCUT2D eigenvalue weighted by atomic mass is 16.5. The van der Waals surface area contributed by atoms with E-state index < -0.39 is 5.54 Å². The maximum absolute atomic E-state index is 12.9. The van der Waals surface area contributed by atoms with Crippen LogP contribution in [0.1, 0.15) is 43.2 Å². The maximum Gasteiger partial charge on any atom is 0.237 e. The minimum Gasteiger partial charge on any atom is -0.493 e. The largest absolute Gasteiger partial charge is 0.493 e. The van der Waals surface area contributed by atoms with E-state index in [2.05, 4.69) is 28.9 Å². The number of piperazine rings is 1. The summed E-state index contributed by atoms with van der Waals surface area (Å²) in [7, 11) is 5.13. The Morgan fingerprint density at radius 3 is 2.23 bits per heavy atom. The van der Waals surface area contributed by atoms with Crippen molar-refractivity contribution in [1.82, 2.24) is 14.7 Å².